The van der Waals surface area contributed by atoms with Gasteiger partial charge >= 0.3 is 5.97 Å². The average molecular weight is 155 g/mol. The normalized spacial score (nSPS) is 43.2. The van der Waals surface area contributed by atoms with Gasteiger partial charge < -0.3 is 10.0 Å². The van der Waals surface area contributed by atoms with Crippen molar-refractivity contribution in [2.45, 2.75) is 18.9 Å². The number of nitrogens with zero attached hydrogens (tertiary/aromatic N) is 1. The third-order valence-electron chi connectivity index (χ3n) is 3.13. The van der Waals surface area contributed by atoms with Crippen LogP contribution in [0.4, 0.5) is 0 Å². The second-order valence-electron chi connectivity index (χ2n) is 3.71. The maximum Gasteiger partial charge on any atom is 0.308 e. The number of carbonyl (C=O) groups is 1. The predicted octanol–water partition coefficient (Wildman–Crippen LogP) is 0.411. The Morgan fingerprint density at radius 1 is 1.55 bits per heavy atom. The number of piperidine rings is 1. The van der Waals surface area contributed by atoms with E-state index in [1.165, 1.54) is 0 Å². The van der Waals surface area contributed by atoms with E-state index in [1.54, 1.807) is 0 Å². The van der Waals surface area contributed by atoms with Crippen LogP contribution in [0.15, 0.2) is 0 Å². The van der Waals surface area contributed by atoms with Gasteiger partial charge in [-0.15, -0.1) is 0 Å². The molecular weight excluding hydrogens is 142 g/mol. The van der Waals surface area contributed by atoms with E-state index in [0.29, 0.717) is 12.0 Å². The first-order valence-electron chi connectivity index (χ1n) is 4.13. The zero-order valence-electron chi connectivity index (χ0n) is 6.66. The molecule has 2 aliphatic rings. The summed E-state index contributed by atoms with van der Waals surface area (Å²) in [5.74, 6) is -0.232. The number of rotatable bonds is 1. The molecule has 1 saturated heterocycles. The van der Waals surface area contributed by atoms with E-state index in [1.807, 2.05) is 7.05 Å². The van der Waals surface area contributed by atoms with Crippen LogP contribution in [0.3, 0.4) is 0 Å². The summed E-state index contributed by atoms with van der Waals surface area (Å²) in [4.78, 5) is 13.0. The first-order chi connectivity index (χ1) is 5.20. The third kappa shape index (κ3) is 0.872. The van der Waals surface area contributed by atoms with E-state index in [4.69, 9.17) is 5.11 Å². The number of hydrogen-bond acceptors (Lipinski definition) is 2. The van der Waals surface area contributed by atoms with Gasteiger partial charge in [0.25, 0.3) is 0 Å². The van der Waals surface area contributed by atoms with Gasteiger partial charge in [0, 0.05) is 12.6 Å². The topological polar surface area (TPSA) is 40.5 Å². The number of hydrogen-bond donors (Lipinski definition) is 1. The molecule has 0 amide bonds. The van der Waals surface area contributed by atoms with Crippen molar-refractivity contribution in [2.75, 3.05) is 13.6 Å². The molecule has 3 atom stereocenters. The van der Waals surface area contributed by atoms with Crippen molar-refractivity contribution in [3.05, 3.63) is 0 Å². The van der Waals surface area contributed by atoms with E-state index in [2.05, 4.69) is 4.90 Å². The van der Waals surface area contributed by atoms with Gasteiger partial charge in [0.15, 0.2) is 0 Å². The lowest BCUT2D eigenvalue weighted by Gasteiger charge is -2.21. The molecule has 2 bridgehead atoms. The van der Waals surface area contributed by atoms with E-state index in [9.17, 15) is 4.79 Å². The summed E-state index contributed by atoms with van der Waals surface area (Å²) >= 11 is 0. The molecule has 0 aromatic carbocycles. The smallest absolute Gasteiger partial charge is 0.308 e. The lowest BCUT2D eigenvalue weighted by molar-refractivity contribution is -0.142. The molecule has 1 aliphatic heterocycles. The van der Waals surface area contributed by atoms with Gasteiger partial charge in [0.1, 0.15) is 0 Å². The van der Waals surface area contributed by atoms with Crippen molar-refractivity contribution in [1.82, 2.24) is 4.90 Å². The van der Waals surface area contributed by atoms with Crippen molar-refractivity contribution in [2.24, 2.45) is 11.8 Å². The Hall–Kier alpha value is -0.570. The van der Waals surface area contributed by atoms with Crippen LogP contribution < -0.4 is 0 Å². The van der Waals surface area contributed by atoms with Crippen molar-refractivity contribution < 1.29 is 9.90 Å². The van der Waals surface area contributed by atoms with Crippen LogP contribution in [0.25, 0.3) is 0 Å². The summed E-state index contributed by atoms with van der Waals surface area (Å²) in [6, 6.07) is 0.331. The van der Waals surface area contributed by atoms with Crippen LogP contribution >= 0.6 is 0 Å². The lowest BCUT2D eigenvalue weighted by atomic mass is 9.99. The maximum absolute atomic E-state index is 10.8. The Morgan fingerprint density at radius 2 is 2.27 bits per heavy atom. The number of likely N-dealkylation sites (tertiary alicyclic amines) is 1. The Balaban J connectivity index is 2.19. The molecule has 0 spiro atoms. The highest BCUT2D eigenvalue weighted by Crippen LogP contribution is 2.41. The summed E-state index contributed by atoms with van der Waals surface area (Å²) < 4.78 is 0. The van der Waals surface area contributed by atoms with Gasteiger partial charge in [-0.2, -0.15) is 0 Å². The van der Waals surface area contributed by atoms with E-state index < -0.39 is 5.97 Å². The minimum atomic E-state index is -0.596. The molecule has 1 heterocycles. The van der Waals surface area contributed by atoms with Crippen LogP contribution in [-0.2, 0) is 4.79 Å². The fourth-order valence-corrected chi connectivity index (χ4v) is 2.63. The number of fused-ring (bicyclic) bond motifs is 2. The Kier molecular flexibility index (Phi) is 1.42. The van der Waals surface area contributed by atoms with Gasteiger partial charge in [0.05, 0.1) is 5.92 Å². The van der Waals surface area contributed by atoms with E-state index >= 15 is 0 Å². The van der Waals surface area contributed by atoms with E-state index in [0.717, 1.165) is 19.4 Å². The Morgan fingerprint density at radius 3 is 2.55 bits per heavy atom. The summed E-state index contributed by atoms with van der Waals surface area (Å²) in [7, 11) is 2.03. The molecule has 1 N–H and O–H groups in total. The molecule has 2 fully saturated rings. The van der Waals surface area contributed by atoms with Crippen LogP contribution in [-0.4, -0.2) is 35.6 Å². The third-order valence-corrected chi connectivity index (χ3v) is 3.13. The molecule has 0 radical (unpaired) electrons. The number of carboxylic acids is 1. The zero-order valence-corrected chi connectivity index (χ0v) is 6.66. The molecule has 1 saturated carbocycles. The van der Waals surface area contributed by atoms with Crippen molar-refractivity contribution >= 4 is 5.97 Å². The molecule has 2 rings (SSSR count). The standard InChI is InChI=1S/C8H13NO2/c1-9-4-5-2-3-6(9)7(5)8(10)11/h5-7H,2-4H2,1H3,(H,10,11). The molecule has 3 unspecified atom stereocenters. The highest BCUT2D eigenvalue weighted by molar-refractivity contribution is 5.72. The Labute approximate surface area is 66.0 Å². The van der Waals surface area contributed by atoms with Crippen LogP contribution in [0.5, 0.6) is 0 Å². The first kappa shape index (κ1) is 7.10. The highest BCUT2D eigenvalue weighted by Gasteiger charge is 2.48. The molecule has 62 valence electrons. The quantitative estimate of drug-likeness (QED) is 0.596. The predicted molar refractivity (Wildman–Crippen MR) is 40.3 cm³/mol. The zero-order chi connectivity index (χ0) is 8.01. The van der Waals surface area contributed by atoms with Crippen LogP contribution in [0.1, 0.15) is 12.8 Å². The fraction of sp³-hybridized carbons (Fsp3) is 0.875. The number of carboxylic acid groups (broad SMARTS) is 1. The lowest BCUT2D eigenvalue weighted by Crippen LogP contribution is -2.31. The molecule has 1 aliphatic carbocycles. The van der Waals surface area contributed by atoms with Gasteiger partial charge in [0.2, 0.25) is 0 Å². The van der Waals surface area contributed by atoms with Crippen LogP contribution in [0.2, 0.25) is 0 Å². The second-order valence-corrected chi connectivity index (χ2v) is 3.71. The minimum absolute atomic E-state index is 0.0694. The van der Waals surface area contributed by atoms with E-state index in [-0.39, 0.29) is 5.92 Å². The molecule has 3 nitrogen and oxygen atoms in total. The highest BCUT2D eigenvalue weighted by atomic mass is 16.4. The van der Waals surface area contributed by atoms with Gasteiger partial charge in [-0.05, 0) is 25.8 Å². The van der Waals surface area contributed by atoms with Crippen molar-refractivity contribution in [3.8, 4) is 0 Å². The number of aliphatic carboxylic acids is 1. The van der Waals surface area contributed by atoms with Gasteiger partial charge in [-0.1, -0.05) is 0 Å². The Bertz CT molecular complexity index is 193. The molecule has 11 heavy (non-hydrogen) atoms. The summed E-state index contributed by atoms with van der Waals surface area (Å²) in [5.41, 5.74) is 0. The molecule has 0 aromatic heterocycles. The monoisotopic (exact) mass is 155 g/mol. The molecule has 3 heteroatoms. The SMILES string of the molecule is CN1CC2CCC1C2C(=O)O. The summed E-state index contributed by atoms with van der Waals surface area (Å²) in [6.45, 7) is 0.988. The van der Waals surface area contributed by atoms with Crippen LogP contribution in [0, 0.1) is 11.8 Å². The van der Waals surface area contributed by atoms with Crippen molar-refractivity contribution in [1.29, 1.82) is 0 Å². The fourth-order valence-electron chi connectivity index (χ4n) is 2.63. The summed E-state index contributed by atoms with van der Waals surface area (Å²) in [6.07, 6.45) is 2.20. The second kappa shape index (κ2) is 2.21. The minimum Gasteiger partial charge on any atom is -0.481 e. The maximum atomic E-state index is 10.8. The summed E-state index contributed by atoms with van der Waals surface area (Å²) in [5, 5.41) is 8.89. The van der Waals surface area contributed by atoms with Gasteiger partial charge in [-0.3, -0.25) is 4.79 Å². The largest absolute Gasteiger partial charge is 0.481 e. The molecular formula is C8H13NO2. The first-order valence-corrected chi connectivity index (χ1v) is 4.13. The molecule has 0 aromatic rings. The average Bonchev–Trinajstić information content (AvgIpc) is 2.41. The van der Waals surface area contributed by atoms with Crippen molar-refractivity contribution in [3.63, 3.8) is 0 Å². The van der Waals surface area contributed by atoms with Gasteiger partial charge in [-0.25, -0.2) is 0 Å².